The van der Waals surface area contributed by atoms with E-state index in [0.717, 1.165) is 28.2 Å². The molecule has 1 N–H and O–H groups in total. The average molecular weight is 314 g/mol. The van der Waals surface area contributed by atoms with Gasteiger partial charge in [-0.3, -0.25) is 4.79 Å². The van der Waals surface area contributed by atoms with Gasteiger partial charge in [0.1, 0.15) is 5.65 Å². The lowest BCUT2D eigenvalue weighted by Crippen LogP contribution is -2.15. The summed E-state index contributed by atoms with van der Waals surface area (Å²) >= 11 is 5.96. The van der Waals surface area contributed by atoms with Gasteiger partial charge >= 0.3 is 0 Å². The van der Waals surface area contributed by atoms with Crippen LogP contribution in [-0.4, -0.2) is 15.3 Å². The van der Waals surface area contributed by atoms with E-state index in [1.165, 1.54) is 0 Å². The molecule has 0 unspecified atom stereocenters. The number of hydrogen-bond donors (Lipinski definition) is 1. The van der Waals surface area contributed by atoms with Crippen molar-refractivity contribution in [2.75, 3.05) is 5.32 Å². The number of amides is 1. The molecule has 0 saturated heterocycles. The molecule has 0 atom stereocenters. The molecule has 4 nitrogen and oxygen atoms in total. The summed E-state index contributed by atoms with van der Waals surface area (Å²) in [5.74, 6) is -0.106. The number of imidazole rings is 1. The predicted molar refractivity (Wildman–Crippen MR) is 88.5 cm³/mol. The summed E-state index contributed by atoms with van der Waals surface area (Å²) in [5.41, 5.74) is 4.44. The van der Waals surface area contributed by atoms with Gasteiger partial charge in [-0.05, 0) is 49.2 Å². The lowest BCUT2D eigenvalue weighted by molar-refractivity contribution is -0.115. The highest BCUT2D eigenvalue weighted by molar-refractivity contribution is 6.31. The molecule has 1 amide bonds. The molecule has 5 heteroatoms. The third-order valence-corrected chi connectivity index (χ3v) is 3.72. The van der Waals surface area contributed by atoms with Gasteiger partial charge in [0.25, 0.3) is 0 Å². The van der Waals surface area contributed by atoms with Gasteiger partial charge in [-0.25, -0.2) is 4.98 Å². The van der Waals surface area contributed by atoms with Gasteiger partial charge in [0.15, 0.2) is 0 Å². The minimum atomic E-state index is -0.106. The lowest BCUT2D eigenvalue weighted by atomic mass is 10.2. The van der Waals surface area contributed by atoms with Crippen LogP contribution >= 0.6 is 11.6 Å². The highest BCUT2D eigenvalue weighted by atomic mass is 35.5. The number of aromatic nitrogens is 2. The molecule has 0 spiro atoms. The Balaban J connectivity index is 1.76. The first kappa shape index (κ1) is 14.6. The van der Waals surface area contributed by atoms with Crippen molar-refractivity contribution in [3.63, 3.8) is 0 Å². The number of anilines is 1. The Kier molecular flexibility index (Phi) is 3.86. The fourth-order valence-electron chi connectivity index (χ4n) is 2.31. The van der Waals surface area contributed by atoms with Gasteiger partial charge in [-0.2, -0.15) is 0 Å². The maximum atomic E-state index is 12.2. The van der Waals surface area contributed by atoms with Crippen molar-refractivity contribution in [2.45, 2.75) is 20.3 Å². The zero-order valence-electron chi connectivity index (χ0n) is 12.4. The lowest BCUT2D eigenvalue weighted by Gasteiger charge is -2.07. The number of carbonyl (C=O) groups excluding carboxylic acids is 1. The molecule has 112 valence electrons. The SMILES string of the molecule is Cc1ccn2cc(CC(=O)Nc3cc(Cl)ccc3C)nc2c1. The van der Waals surface area contributed by atoms with Crippen molar-refractivity contribution < 1.29 is 4.79 Å². The zero-order chi connectivity index (χ0) is 15.7. The molecule has 0 bridgehead atoms. The van der Waals surface area contributed by atoms with E-state index in [4.69, 9.17) is 11.6 Å². The fraction of sp³-hybridized carbons (Fsp3) is 0.176. The summed E-state index contributed by atoms with van der Waals surface area (Å²) in [6, 6.07) is 9.43. The standard InChI is InChI=1S/C17H16ClN3O/c1-11-5-6-21-10-14(19-16(21)7-11)9-17(22)20-15-8-13(18)4-3-12(15)2/h3-8,10H,9H2,1-2H3,(H,20,22). The van der Waals surface area contributed by atoms with Crippen LogP contribution in [-0.2, 0) is 11.2 Å². The summed E-state index contributed by atoms with van der Waals surface area (Å²) in [4.78, 5) is 16.7. The van der Waals surface area contributed by atoms with Crippen molar-refractivity contribution in [2.24, 2.45) is 0 Å². The van der Waals surface area contributed by atoms with E-state index >= 15 is 0 Å². The van der Waals surface area contributed by atoms with Crippen molar-refractivity contribution in [1.29, 1.82) is 0 Å². The molecule has 0 saturated carbocycles. The monoisotopic (exact) mass is 313 g/mol. The molecule has 2 heterocycles. The number of halogens is 1. The van der Waals surface area contributed by atoms with Crippen LogP contribution < -0.4 is 5.32 Å². The summed E-state index contributed by atoms with van der Waals surface area (Å²) < 4.78 is 1.92. The molecule has 22 heavy (non-hydrogen) atoms. The molecule has 3 rings (SSSR count). The Hall–Kier alpha value is -2.33. The molecular formula is C17H16ClN3O. The van der Waals surface area contributed by atoms with Gasteiger partial charge in [0.05, 0.1) is 12.1 Å². The first-order valence-electron chi connectivity index (χ1n) is 7.01. The van der Waals surface area contributed by atoms with Gasteiger partial charge in [0, 0.05) is 23.1 Å². The van der Waals surface area contributed by atoms with Gasteiger partial charge in [-0.15, -0.1) is 0 Å². The summed E-state index contributed by atoms with van der Waals surface area (Å²) in [7, 11) is 0. The summed E-state index contributed by atoms with van der Waals surface area (Å²) in [6.45, 7) is 3.95. The van der Waals surface area contributed by atoms with Crippen molar-refractivity contribution >= 4 is 28.8 Å². The molecule has 0 aliphatic carbocycles. The quantitative estimate of drug-likeness (QED) is 0.799. The number of pyridine rings is 1. The maximum absolute atomic E-state index is 12.2. The number of rotatable bonds is 3. The van der Waals surface area contributed by atoms with E-state index in [2.05, 4.69) is 10.3 Å². The van der Waals surface area contributed by atoms with E-state index in [9.17, 15) is 4.79 Å². The molecule has 2 aromatic heterocycles. The normalized spacial score (nSPS) is 10.9. The number of nitrogens with one attached hydrogen (secondary N) is 1. The number of hydrogen-bond acceptors (Lipinski definition) is 2. The predicted octanol–water partition coefficient (Wildman–Crippen LogP) is 3.79. The van der Waals surface area contributed by atoms with Crippen LogP contribution in [0, 0.1) is 13.8 Å². The number of aryl methyl sites for hydroxylation is 2. The van der Waals surface area contributed by atoms with E-state index in [1.54, 1.807) is 12.1 Å². The van der Waals surface area contributed by atoms with Crippen molar-refractivity contribution in [1.82, 2.24) is 9.38 Å². The number of carbonyl (C=O) groups is 1. The largest absolute Gasteiger partial charge is 0.325 e. The van der Waals surface area contributed by atoms with E-state index in [1.807, 2.05) is 48.8 Å². The van der Waals surface area contributed by atoms with Crippen molar-refractivity contribution in [3.8, 4) is 0 Å². The molecule has 0 aliphatic rings. The van der Waals surface area contributed by atoms with Gasteiger partial charge in [-0.1, -0.05) is 17.7 Å². The number of nitrogens with zero attached hydrogens (tertiary/aromatic N) is 2. The third kappa shape index (κ3) is 3.12. The molecule has 0 radical (unpaired) electrons. The minimum Gasteiger partial charge on any atom is -0.325 e. The Morgan fingerprint density at radius 3 is 2.91 bits per heavy atom. The van der Waals surface area contributed by atoms with Crippen LogP contribution in [0.25, 0.3) is 5.65 Å². The van der Waals surface area contributed by atoms with Crippen molar-refractivity contribution in [3.05, 3.63) is 64.6 Å². The van der Waals surface area contributed by atoms with Gasteiger partial charge < -0.3 is 9.72 Å². The average Bonchev–Trinajstić information content (AvgIpc) is 2.84. The third-order valence-electron chi connectivity index (χ3n) is 3.48. The highest BCUT2D eigenvalue weighted by Crippen LogP contribution is 2.20. The first-order valence-corrected chi connectivity index (χ1v) is 7.39. The van der Waals surface area contributed by atoms with E-state index in [-0.39, 0.29) is 12.3 Å². The Morgan fingerprint density at radius 2 is 2.09 bits per heavy atom. The molecule has 0 fully saturated rings. The van der Waals surface area contributed by atoms with Crippen LogP contribution in [0.4, 0.5) is 5.69 Å². The Labute approximate surface area is 133 Å². The second-order valence-electron chi connectivity index (χ2n) is 5.39. The number of fused-ring (bicyclic) bond motifs is 1. The molecule has 1 aromatic carbocycles. The first-order chi connectivity index (χ1) is 10.5. The summed E-state index contributed by atoms with van der Waals surface area (Å²) in [6.07, 6.45) is 4.05. The smallest absolute Gasteiger partial charge is 0.230 e. The van der Waals surface area contributed by atoms with Crippen LogP contribution in [0.15, 0.2) is 42.7 Å². The highest BCUT2D eigenvalue weighted by Gasteiger charge is 2.09. The second kappa shape index (κ2) is 5.81. The Bertz CT molecular complexity index is 854. The molecular weight excluding hydrogens is 298 g/mol. The second-order valence-corrected chi connectivity index (χ2v) is 5.82. The number of benzene rings is 1. The topological polar surface area (TPSA) is 46.4 Å². The zero-order valence-corrected chi connectivity index (χ0v) is 13.2. The fourth-order valence-corrected chi connectivity index (χ4v) is 2.48. The van der Waals surface area contributed by atoms with Crippen LogP contribution in [0.5, 0.6) is 0 Å². The van der Waals surface area contributed by atoms with Crippen LogP contribution in [0.3, 0.4) is 0 Å². The molecule has 0 aliphatic heterocycles. The minimum absolute atomic E-state index is 0.106. The van der Waals surface area contributed by atoms with E-state index < -0.39 is 0 Å². The summed E-state index contributed by atoms with van der Waals surface area (Å²) in [5, 5.41) is 3.48. The van der Waals surface area contributed by atoms with Crippen LogP contribution in [0.2, 0.25) is 5.02 Å². The van der Waals surface area contributed by atoms with Gasteiger partial charge in [0.2, 0.25) is 5.91 Å². The molecule has 3 aromatic rings. The van der Waals surface area contributed by atoms with E-state index in [0.29, 0.717) is 5.02 Å². The Morgan fingerprint density at radius 1 is 1.27 bits per heavy atom. The van der Waals surface area contributed by atoms with Crippen LogP contribution in [0.1, 0.15) is 16.8 Å². The maximum Gasteiger partial charge on any atom is 0.230 e.